The third-order valence-corrected chi connectivity index (χ3v) is 3.69. The number of nitrogens with two attached hydrogens (primary N) is 1. The second kappa shape index (κ2) is 6.44. The normalized spacial score (nSPS) is 11.1. The monoisotopic (exact) mass is 374 g/mol. The van der Waals surface area contributed by atoms with Gasteiger partial charge in [0.25, 0.3) is 0 Å². The number of nitrogens with zero attached hydrogens (tertiary/aromatic N) is 1. The van der Waals surface area contributed by atoms with Crippen molar-refractivity contribution in [1.29, 1.82) is 5.26 Å². The Hall–Kier alpha value is -0.730. The average molecular weight is 376 g/mol. The summed E-state index contributed by atoms with van der Waals surface area (Å²) in [5.41, 5.74) is 6.09. The highest BCUT2D eigenvalue weighted by atomic mass is 79.9. The lowest BCUT2D eigenvalue weighted by atomic mass is 9.90. The largest absolute Gasteiger partial charge is 0.491 e. The number of nitriles is 1. The van der Waals surface area contributed by atoms with Crippen LogP contribution in [0.15, 0.2) is 21.1 Å². The van der Waals surface area contributed by atoms with E-state index in [1.54, 1.807) is 12.1 Å². The van der Waals surface area contributed by atoms with Crippen LogP contribution in [-0.4, -0.2) is 6.61 Å². The SMILES string of the molecule is CC(C)(C#N)CCCOc1c(Br)cc(N)cc1Br. The fourth-order valence-electron chi connectivity index (χ4n) is 1.46. The lowest BCUT2D eigenvalue weighted by Gasteiger charge is -2.15. The molecule has 18 heavy (non-hydrogen) atoms. The molecular formula is C13H16Br2N2O. The van der Waals surface area contributed by atoms with Gasteiger partial charge in [-0.1, -0.05) is 0 Å². The minimum Gasteiger partial charge on any atom is -0.491 e. The first-order valence-electron chi connectivity index (χ1n) is 5.64. The Labute approximate surface area is 125 Å². The summed E-state index contributed by atoms with van der Waals surface area (Å²) in [6, 6.07) is 5.89. The van der Waals surface area contributed by atoms with E-state index < -0.39 is 0 Å². The molecule has 1 rings (SSSR count). The van der Waals surface area contributed by atoms with E-state index in [0.29, 0.717) is 12.3 Å². The maximum atomic E-state index is 8.91. The van der Waals surface area contributed by atoms with Gasteiger partial charge in [-0.05, 0) is 70.7 Å². The number of halogens is 2. The lowest BCUT2D eigenvalue weighted by Crippen LogP contribution is -2.10. The first kappa shape index (κ1) is 15.3. The molecule has 0 unspecified atom stereocenters. The van der Waals surface area contributed by atoms with Crippen molar-refractivity contribution in [3.8, 4) is 11.8 Å². The second-order valence-corrected chi connectivity index (χ2v) is 6.47. The van der Waals surface area contributed by atoms with E-state index in [1.165, 1.54) is 0 Å². The Morgan fingerprint density at radius 3 is 2.39 bits per heavy atom. The Balaban J connectivity index is 2.53. The third kappa shape index (κ3) is 4.51. The highest BCUT2D eigenvalue weighted by Gasteiger charge is 2.16. The van der Waals surface area contributed by atoms with Crippen LogP contribution in [0.25, 0.3) is 0 Å². The molecule has 0 bridgehead atoms. The number of hydrogen-bond acceptors (Lipinski definition) is 3. The van der Waals surface area contributed by atoms with Crippen LogP contribution in [0.1, 0.15) is 26.7 Å². The van der Waals surface area contributed by atoms with Gasteiger partial charge in [0.05, 0.1) is 27.0 Å². The minimum absolute atomic E-state index is 0.293. The Morgan fingerprint density at radius 2 is 1.89 bits per heavy atom. The van der Waals surface area contributed by atoms with Crippen LogP contribution in [0.4, 0.5) is 5.69 Å². The third-order valence-electron chi connectivity index (χ3n) is 2.52. The van der Waals surface area contributed by atoms with Crippen LogP contribution in [0, 0.1) is 16.7 Å². The van der Waals surface area contributed by atoms with Crippen LogP contribution < -0.4 is 10.5 Å². The summed E-state index contributed by atoms with van der Waals surface area (Å²) >= 11 is 6.83. The van der Waals surface area contributed by atoms with Crippen LogP contribution in [0.3, 0.4) is 0 Å². The molecule has 0 amide bonds. The fraction of sp³-hybridized carbons (Fsp3) is 0.462. The van der Waals surface area contributed by atoms with Crippen molar-refractivity contribution in [2.45, 2.75) is 26.7 Å². The molecule has 0 aliphatic heterocycles. The predicted molar refractivity (Wildman–Crippen MR) is 80.4 cm³/mol. The second-order valence-electron chi connectivity index (χ2n) is 4.76. The molecule has 0 heterocycles. The van der Waals surface area contributed by atoms with Gasteiger partial charge in [-0.3, -0.25) is 0 Å². The first-order valence-corrected chi connectivity index (χ1v) is 7.23. The molecule has 1 aromatic rings. The number of ether oxygens (including phenoxy) is 1. The molecule has 5 heteroatoms. The van der Waals surface area contributed by atoms with Gasteiger partial charge >= 0.3 is 0 Å². The molecule has 98 valence electrons. The molecule has 0 fully saturated rings. The van der Waals surface area contributed by atoms with E-state index in [2.05, 4.69) is 37.9 Å². The number of hydrogen-bond donors (Lipinski definition) is 1. The molecule has 0 aromatic heterocycles. The highest BCUT2D eigenvalue weighted by molar-refractivity contribution is 9.11. The van der Waals surface area contributed by atoms with Crippen molar-refractivity contribution in [2.24, 2.45) is 5.41 Å². The Morgan fingerprint density at radius 1 is 1.33 bits per heavy atom. The smallest absolute Gasteiger partial charge is 0.147 e. The van der Waals surface area contributed by atoms with Crippen LogP contribution in [0.2, 0.25) is 0 Å². The molecule has 1 aromatic carbocycles. The molecule has 0 saturated carbocycles. The first-order chi connectivity index (χ1) is 8.35. The van der Waals surface area contributed by atoms with Crippen molar-refractivity contribution in [1.82, 2.24) is 0 Å². The van der Waals surface area contributed by atoms with Crippen molar-refractivity contribution in [2.75, 3.05) is 12.3 Å². The lowest BCUT2D eigenvalue weighted by molar-refractivity contribution is 0.281. The van der Waals surface area contributed by atoms with Gasteiger partial charge in [-0.2, -0.15) is 5.26 Å². The van der Waals surface area contributed by atoms with E-state index in [0.717, 1.165) is 27.5 Å². The maximum Gasteiger partial charge on any atom is 0.147 e. The van der Waals surface area contributed by atoms with Gasteiger partial charge in [0.15, 0.2) is 0 Å². The van der Waals surface area contributed by atoms with Crippen molar-refractivity contribution in [3.05, 3.63) is 21.1 Å². The van der Waals surface area contributed by atoms with Gasteiger partial charge in [-0.25, -0.2) is 0 Å². The van der Waals surface area contributed by atoms with E-state index in [9.17, 15) is 0 Å². The zero-order valence-electron chi connectivity index (χ0n) is 10.5. The summed E-state index contributed by atoms with van der Waals surface area (Å²) in [5.74, 6) is 0.749. The molecule has 0 spiro atoms. The summed E-state index contributed by atoms with van der Waals surface area (Å²) < 4.78 is 7.36. The zero-order chi connectivity index (χ0) is 13.8. The molecule has 2 N–H and O–H groups in total. The summed E-state index contributed by atoms with van der Waals surface area (Å²) in [6.07, 6.45) is 1.65. The molecule has 0 aliphatic carbocycles. The minimum atomic E-state index is -0.293. The molecule has 3 nitrogen and oxygen atoms in total. The maximum absolute atomic E-state index is 8.91. The van der Waals surface area contributed by atoms with Gasteiger partial charge in [0.2, 0.25) is 0 Å². The predicted octanol–water partition coefficient (Wildman–Crippen LogP) is 4.50. The summed E-state index contributed by atoms with van der Waals surface area (Å²) in [5, 5.41) is 8.91. The number of anilines is 1. The summed E-state index contributed by atoms with van der Waals surface area (Å²) in [7, 11) is 0. The van der Waals surface area contributed by atoms with E-state index in [-0.39, 0.29) is 5.41 Å². The van der Waals surface area contributed by atoms with Crippen LogP contribution in [0.5, 0.6) is 5.75 Å². The number of nitrogen functional groups attached to an aromatic ring is 1. The summed E-state index contributed by atoms with van der Waals surface area (Å²) in [6.45, 7) is 4.44. The van der Waals surface area contributed by atoms with Crippen LogP contribution in [-0.2, 0) is 0 Å². The molecule has 0 aliphatic rings. The Kier molecular flexibility index (Phi) is 5.48. The van der Waals surface area contributed by atoms with Gasteiger partial charge in [-0.15, -0.1) is 0 Å². The molecular weight excluding hydrogens is 360 g/mol. The van der Waals surface area contributed by atoms with E-state index in [1.807, 2.05) is 13.8 Å². The van der Waals surface area contributed by atoms with E-state index in [4.69, 9.17) is 15.7 Å². The summed E-state index contributed by atoms with van der Waals surface area (Å²) in [4.78, 5) is 0. The van der Waals surface area contributed by atoms with Gasteiger partial charge in [0.1, 0.15) is 5.75 Å². The fourth-order valence-corrected chi connectivity index (χ4v) is 2.91. The topological polar surface area (TPSA) is 59.0 Å². The van der Waals surface area contributed by atoms with Crippen molar-refractivity contribution >= 4 is 37.5 Å². The molecule has 0 radical (unpaired) electrons. The highest BCUT2D eigenvalue weighted by Crippen LogP contribution is 2.35. The van der Waals surface area contributed by atoms with Crippen LogP contribution >= 0.6 is 31.9 Å². The van der Waals surface area contributed by atoms with Gasteiger partial charge < -0.3 is 10.5 Å². The number of benzene rings is 1. The Bertz CT molecular complexity index is 444. The number of rotatable bonds is 5. The average Bonchev–Trinajstić information content (AvgIpc) is 2.26. The molecule has 0 atom stereocenters. The van der Waals surface area contributed by atoms with Crippen molar-refractivity contribution in [3.63, 3.8) is 0 Å². The van der Waals surface area contributed by atoms with Gasteiger partial charge in [0, 0.05) is 5.69 Å². The standard InChI is InChI=1S/C13H16Br2N2O/c1-13(2,8-16)4-3-5-18-12-10(14)6-9(17)7-11(12)15/h6-7H,3-5,17H2,1-2H3. The van der Waals surface area contributed by atoms with E-state index >= 15 is 0 Å². The van der Waals surface area contributed by atoms with Crippen molar-refractivity contribution < 1.29 is 4.74 Å². The quantitative estimate of drug-likeness (QED) is 0.608. The molecule has 0 saturated heterocycles. The zero-order valence-corrected chi connectivity index (χ0v) is 13.6.